The van der Waals surface area contributed by atoms with Crippen molar-refractivity contribution in [3.05, 3.63) is 101 Å². The van der Waals surface area contributed by atoms with Crippen LogP contribution >= 0.6 is 0 Å². The van der Waals surface area contributed by atoms with E-state index in [0.29, 0.717) is 37.8 Å². The average molecular weight is 699 g/mol. The summed E-state index contributed by atoms with van der Waals surface area (Å²) in [5.41, 5.74) is 5.62. The summed E-state index contributed by atoms with van der Waals surface area (Å²) >= 11 is 0. The Kier molecular flexibility index (Phi) is 9.07. The molecular formula is C41H45F3N4O3. The van der Waals surface area contributed by atoms with Gasteiger partial charge in [-0.3, -0.25) is 9.59 Å². The van der Waals surface area contributed by atoms with Crippen LogP contribution in [0, 0.1) is 23.4 Å². The fourth-order valence-corrected chi connectivity index (χ4v) is 9.64. The lowest BCUT2D eigenvalue weighted by Gasteiger charge is -2.43. The van der Waals surface area contributed by atoms with E-state index in [1.165, 1.54) is 18.2 Å². The highest BCUT2D eigenvalue weighted by Crippen LogP contribution is 2.53. The minimum atomic E-state index is -0.898. The third-order valence-corrected chi connectivity index (χ3v) is 12.3. The largest absolute Gasteiger partial charge is 0.381 e. The Morgan fingerprint density at radius 2 is 1.82 bits per heavy atom. The fourth-order valence-electron chi connectivity index (χ4n) is 9.64. The van der Waals surface area contributed by atoms with Crippen LogP contribution < -0.4 is 20.0 Å². The molecule has 10 heteroatoms. The van der Waals surface area contributed by atoms with Crippen LogP contribution in [0.1, 0.15) is 67.6 Å². The van der Waals surface area contributed by atoms with Crippen molar-refractivity contribution >= 4 is 28.9 Å². The smallest absolute Gasteiger partial charge is 0.250 e. The number of nitrogens with one attached hydrogen (secondary N) is 1. The number of hydrogen-bond donors (Lipinski definition) is 1. The number of carbonyl (C=O) groups is 2. The highest BCUT2D eigenvalue weighted by molar-refractivity contribution is 6.04. The third-order valence-electron chi connectivity index (χ3n) is 12.3. The van der Waals surface area contributed by atoms with Gasteiger partial charge in [-0.2, -0.15) is 0 Å². The summed E-state index contributed by atoms with van der Waals surface area (Å²) in [6.45, 7) is 8.10. The lowest BCUT2D eigenvalue weighted by Crippen LogP contribution is -2.48. The van der Waals surface area contributed by atoms with Gasteiger partial charge in [0, 0.05) is 62.9 Å². The number of benzene rings is 3. The van der Waals surface area contributed by atoms with Gasteiger partial charge < -0.3 is 24.8 Å². The number of hydrogen-bond acceptors (Lipinski definition) is 5. The van der Waals surface area contributed by atoms with Crippen molar-refractivity contribution in [1.29, 1.82) is 0 Å². The van der Waals surface area contributed by atoms with Crippen LogP contribution in [-0.4, -0.2) is 63.3 Å². The summed E-state index contributed by atoms with van der Waals surface area (Å²) in [5, 5.41) is 3.23. The summed E-state index contributed by atoms with van der Waals surface area (Å²) in [4.78, 5) is 33.2. The van der Waals surface area contributed by atoms with Gasteiger partial charge in [-0.1, -0.05) is 18.7 Å². The number of halogens is 3. The number of fused-ring (bicyclic) bond motifs is 5. The zero-order valence-corrected chi connectivity index (χ0v) is 28.9. The van der Waals surface area contributed by atoms with Crippen LogP contribution in [0.25, 0.3) is 0 Å². The summed E-state index contributed by atoms with van der Waals surface area (Å²) in [7, 11) is 0. The predicted molar refractivity (Wildman–Crippen MR) is 192 cm³/mol. The first-order valence-electron chi connectivity index (χ1n) is 18.4. The van der Waals surface area contributed by atoms with Crippen LogP contribution in [0.4, 0.5) is 30.2 Å². The van der Waals surface area contributed by atoms with Gasteiger partial charge in [0.05, 0.1) is 18.0 Å². The number of anilines is 3. The third kappa shape index (κ3) is 6.40. The summed E-state index contributed by atoms with van der Waals surface area (Å²) in [5.74, 6) is -2.20. The molecule has 0 saturated carbocycles. The van der Waals surface area contributed by atoms with Gasteiger partial charge in [0.1, 0.15) is 5.82 Å². The van der Waals surface area contributed by atoms with Gasteiger partial charge in [-0.05, 0) is 122 Å². The van der Waals surface area contributed by atoms with Crippen molar-refractivity contribution in [3.8, 4) is 0 Å². The Morgan fingerprint density at radius 3 is 2.59 bits per heavy atom. The molecule has 0 bridgehead atoms. The molecule has 8 rings (SSSR count). The van der Waals surface area contributed by atoms with Gasteiger partial charge in [-0.25, -0.2) is 13.2 Å². The number of amides is 2. The van der Waals surface area contributed by atoms with Crippen LogP contribution in [0.15, 0.2) is 67.3 Å². The molecule has 5 aliphatic rings. The highest BCUT2D eigenvalue weighted by Gasteiger charge is 2.46. The number of carbonyl (C=O) groups excluding carboxylic acids is 2. The Morgan fingerprint density at radius 1 is 0.980 bits per heavy atom. The first-order valence-corrected chi connectivity index (χ1v) is 18.4. The SMILES string of the molecule is C=CC(=O)N1C[C@@H]2CCCN2c2cc(N3CCC4(CC3)C[C@@H](CC(=O)N[C@@H](Cc3ccc(F)c(F)c3)[C@H]3CCOC3)c3ccc(F)cc34)ccc21. The molecule has 0 radical (unpaired) electrons. The molecule has 0 aromatic heterocycles. The monoisotopic (exact) mass is 698 g/mol. The second kappa shape index (κ2) is 13.7. The molecule has 1 N–H and O–H groups in total. The first kappa shape index (κ1) is 33.8. The molecule has 7 nitrogen and oxygen atoms in total. The molecule has 3 fully saturated rings. The molecule has 4 atom stereocenters. The van der Waals surface area contributed by atoms with Crippen molar-refractivity contribution in [2.24, 2.45) is 5.92 Å². The van der Waals surface area contributed by atoms with E-state index in [0.717, 1.165) is 92.4 Å². The minimum Gasteiger partial charge on any atom is -0.381 e. The van der Waals surface area contributed by atoms with Gasteiger partial charge in [0.15, 0.2) is 11.6 Å². The van der Waals surface area contributed by atoms with E-state index in [1.807, 2.05) is 11.0 Å². The molecule has 268 valence electrons. The van der Waals surface area contributed by atoms with Crippen LogP contribution in [0.3, 0.4) is 0 Å². The lowest BCUT2D eigenvalue weighted by atomic mass is 9.73. The van der Waals surface area contributed by atoms with Crippen molar-refractivity contribution in [2.75, 3.05) is 54.1 Å². The molecule has 51 heavy (non-hydrogen) atoms. The molecule has 1 aliphatic carbocycles. The maximum Gasteiger partial charge on any atom is 0.250 e. The van der Waals surface area contributed by atoms with Gasteiger partial charge in [0.2, 0.25) is 5.91 Å². The summed E-state index contributed by atoms with van der Waals surface area (Å²) < 4.78 is 48.1. The molecule has 3 aromatic rings. The van der Waals surface area contributed by atoms with E-state index in [1.54, 1.807) is 12.1 Å². The Hall–Kier alpha value is -4.31. The Balaban J connectivity index is 0.979. The first-order chi connectivity index (χ1) is 24.7. The maximum atomic E-state index is 14.8. The van der Waals surface area contributed by atoms with E-state index in [4.69, 9.17) is 4.74 Å². The molecular weight excluding hydrogens is 653 g/mol. The zero-order chi connectivity index (χ0) is 35.3. The quantitative estimate of drug-likeness (QED) is 0.263. The molecule has 3 saturated heterocycles. The van der Waals surface area contributed by atoms with Crippen LogP contribution in [0.2, 0.25) is 0 Å². The van der Waals surface area contributed by atoms with Crippen LogP contribution in [0.5, 0.6) is 0 Å². The molecule has 4 aliphatic heterocycles. The second-order valence-corrected chi connectivity index (χ2v) is 15.2. The van der Waals surface area contributed by atoms with E-state index in [9.17, 15) is 22.8 Å². The summed E-state index contributed by atoms with van der Waals surface area (Å²) in [6, 6.07) is 15.4. The van der Waals surface area contributed by atoms with E-state index < -0.39 is 11.6 Å². The molecule has 3 aromatic carbocycles. The van der Waals surface area contributed by atoms with Gasteiger partial charge in [-0.15, -0.1) is 0 Å². The van der Waals surface area contributed by atoms with Gasteiger partial charge in [0.25, 0.3) is 5.91 Å². The highest BCUT2D eigenvalue weighted by atomic mass is 19.2. The number of ether oxygens (including phenoxy) is 1. The lowest BCUT2D eigenvalue weighted by molar-refractivity contribution is -0.122. The fraction of sp³-hybridized carbons (Fsp3) is 0.463. The normalized spacial score (nSPS) is 23.9. The molecule has 2 amide bonds. The predicted octanol–water partition coefficient (Wildman–Crippen LogP) is 6.78. The van der Waals surface area contributed by atoms with Crippen molar-refractivity contribution in [3.63, 3.8) is 0 Å². The number of piperidine rings is 1. The molecule has 0 unspecified atom stereocenters. The number of rotatable bonds is 8. The van der Waals surface area contributed by atoms with E-state index in [-0.39, 0.29) is 47.3 Å². The van der Waals surface area contributed by atoms with Crippen LogP contribution in [-0.2, 0) is 26.2 Å². The van der Waals surface area contributed by atoms with Gasteiger partial charge >= 0.3 is 0 Å². The zero-order valence-electron chi connectivity index (χ0n) is 28.9. The Labute approximate surface area is 297 Å². The van der Waals surface area contributed by atoms with Crippen molar-refractivity contribution < 1.29 is 27.5 Å². The average Bonchev–Trinajstić information content (AvgIpc) is 3.90. The standard InChI is InChI=1S/C41H45F3N4O3/c1-2-40(50)48-24-31-4-3-14-47(31)38-22-30(7-10-37(38)48)46-15-12-41(13-16-46)23-28(32-8-6-29(42)21-33(32)41)20-39(49)45-36(27-11-17-51-25-27)19-26-5-9-34(43)35(44)18-26/h2,5-10,18,21-22,27-28,31,36H,1,3-4,11-17,19-20,23-25H2,(H,45,49)/t27-,28+,31-,36-/m0/s1. The topological polar surface area (TPSA) is 65.1 Å². The Bertz CT molecular complexity index is 1840. The van der Waals surface area contributed by atoms with Crippen molar-refractivity contribution in [1.82, 2.24) is 5.32 Å². The minimum absolute atomic E-state index is 0.0554. The summed E-state index contributed by atoms with van der Waals surface area (Å²) in [6.07, 6.45) is 7.45. The molecule has 4 heterocycles. The maximum absolute atomic E-state index is 14.8. The number of nitrogens with zero attached hydrogens (tertiary/aromatic N) is 3. The van der Waals surface area contributed by atoms with E-state index >= 15 is 0 Å². The molecule has 1 spiro atoms. The van der Waals surface area contributed by atoms with E-state index in [2.05, 4.69) is 39.9 Å². The second-order valence-electron chi connectivity index (χ2n) is 15.2. The van der Waals surface area contributed by atoms with Crippen molar-refractivity contribution in [2.45, 2.75) is 74.8 Å².